The number of anilines is 1. The zero-order valence-corrected chi connectivity index (χ0v) is 15.9. The van der Waals surface area contributed by atoms with Gasteiger partial charge in [0.1, 0.15) is 5.82 Å². The number of nitrogens with zero attached hydrogens (tertiary/aromatic N) is 2. The molecule has 0 aliphatic carbocycles. The molecule has 0 saturated carbocycles. The van der Waals surface area contributed by atoms with Crippen LogP contribution in [0.1, 0.15) is 30.4 Å². The molecule has 0 radical (unpaired) electrons. The highest BCUT2D eigenvalue weighted by atomic mass is 19.1. The van der Waals surface area contributed by atoms with Crippen LogP contribution in [0, 0.1) is 12.7 Å². The van der Waals surface area contributed by atoms with Crippen molar-refractivity contribution in [3.63, 3.8) is 0 Å². The minimum Gasteiger partial charge on any atom is -0.382 e. The van der Waals surface area contributed by atoms with Crippen LogP contribution in [0.25, 0.3) is 0 Å². The maximum Gasteiger partial charge on any atom is 0.266 e. The van der Waals surface area contributed by atoms with Gasteiger partial charge in [-0.3, -0.25) is 4.79 Å². The molecule has 2 aliphatic heterocycles. The number of oxime groups is 1. The van der Waals surface area contributed by atoms with Crippen molar-refractivity contribution in [1.82, 2.24) is 4.90 Å². The molecule has 0 bridgehead atoms. The van der Waals surface area contributed by atoms with Crippen molar-refractivity contribution in [1.29, 1.82) is 0 Å². The molecule has 0 aromatic heterocycles. The van der Waals surface area contributed by atoms with Gasteiger partial charge in [-0.15, -0.1) is 0 Å². The largest absolute Gasteiger partial charge is 0.382 e. The molecule has 1 fully saturated rings. The lowest BCUT2D eigenvalue weighted by atomic mass is 10.0. The van der Waals surface area contributed by atoms with Gasteiger partial charge in [0.15, 0.2) is 0 Å². The van der Waals surface area contributed by atoms with E-state index in [0.717, 1.165) is 18.5 Å². The lowest BCUT2D eigenvalue weighted by Gasteiger charge is -2.34. The van der Waals surface area contributed by atoms with Crippen molar-refractivity contribution >= 4 is 17.3 Å². The summed E-state index contributed by atoms with van der Waals surface area (Å²) in [6.45, 7) is 3.48. The van der Waals surface area contributed by atoms with E-state index < -0.39 is 6.10 Å². The van der Waals surface area contributed by atoms with Crippen LogP contribution in [0.4, 0.5) is 10.1 Å². The second-order valence-corrected chi connectivity index (χ2v) is 7.41. The normalized spacial score (nSPS) is 19.9. The molecule has 4 rings (SSSR count). The Labute approximate surface area is 164 Å². The van der Waals surface area contributed by atoms with Crippen molar-refractivity contribution in [2.75, 3.05) is 18.4 Å². The topological polar surface area (TPSA) is 53.9 Å². The number of hydrogen-bond acceptors (Lipinski definition) is 4. The van der Waals surface area contributed by atoms with Crippen molar-refractivity contribution in [3.05, 3.63) is 65.5 Å². The SMILES string of the molecule is Cc1ccccc1NC1CCN(C(=O)[C@H]2CC(c3cccc(F)c3)=NO2)CC1. The molecule has 28 heavy (non-hydrogen) atoms. The zero-order chi connectivity index (χ0) is 19.5. The van der Waals surface area contributed by atoms with Crippen LogP contribution >= 0.6 is 0 Å². The number of amides is 1. The minimum atomic E-state index is -0.612. The number of piperidine rings is 1. The third kappa shape index (κ3) is 4.01. The van der Waals surface area contributed by atoms with E-state index in [0.29, 0.717) is 36.8 Å². The van der Waals surface area contributed by atoms with E-state index in [2.05, 4.69) is 29.5 Å². The summed E-state index contributed by atoms with van der Waals surface area (Å²) in [5.74, 6) is -0.359. The monoisotopic (exact) mass is 381 g/mol. The molecule has 1 N–H and O–H groups in total. The Kier molecular flexibility index (Phi) is 5.28. The number of rotatable bonds is 4. The van der Waals surface area contributed by atoms with E-state index in [1.807, 2.05) is 17.0 Å². The molecule has 2 aromatic carbocycles. The van der Waals surface area contributed by atoms with Crippen molar-refractivity contribution in [2.45, 2.75) is 38.3 Å². The first kappa shape index (κ1) is 18.5. The van der Waals surface area contributed by atoms with Gasteiger partial charge in [-0.25, -0.2) is 4.39 Å². The van der Waals surface area contributed by atoms with E-state index in [-0.39, 0.29) is 11.7 Å². The molecule has 2 aliphatic rings. The molecule has 6 heteroatoms. The highest BCUT2D eigenvalue weighted by Crippen LogP contribution is 2.23. The average Bonchev–Trinajstić information content (AvgIpc) is 3.20. The average molecular weight is 381 g/mol. The van der Waals surface area contributed by atoms with E-state index in [9.17, 15) is 9.18 Å². The second-order valence-electron chi connectivity index (χ2n) is 7.41. The molecule has 5 nitrogen and oxygen atoms in total. The van der Waals surface area contributed by atoms with E-state index in [1.165, 1.54) is 17.7 Å². The first-order chi connectivity index (χ1) is 13.6. The van der Waals surface area contributed by atoms with Gasteiger partial charge in [0.2, 0.25) is 6.10 Å². The van der Waals surface area contributed by atoms with Gasteiger partial charge in [0.25, 0.3) is 5.91 Å². The molecule has 146 valence electrons. The molecule has 1 saturated heterocycles. The number of aryl methyl sites for hydroxylation is 1. The summed E-state index contributed by atoms with van der Waals surface area (Å²) in [5, 5.41) is 7.60. The fraction of sp³-hybridized carbons (Fsp3) is 0.364. The molecular formula is C22H24FN3O2. The highest BCUT2D eigenvalue weighted by Gasteiger charge is 2.34. The number of carbonyl (C=O) groups is 1. The van der Waals surface area contributed by atoms with E-state index in [1.54, 1.807) is 12.1 Å². The Bertz CT molecular complexity index is 891. The van der Waals surface area contributed by atoms with Gasteiger partial charge >= 0.3 is 0 Å². The smallest absolute Gasteiger partial charge is 0.266 e. The summed E-state index contributed by atoms with van der Waals surface area (Å²) in [6, 6.07) is 14.8. The Balaban J connectivity index is 1.30. The second kappa shape index (κ2) is 8.00. The van der Waals surface area contributed by atoms with Gasteiger partial charge in [0.05, 0.1) is 5.71 Å². The molecular weight excluding hydrogens is 357 g/mol. The summed E-state index contributed by atoms with van der Waals surface area (Å²) in [7, 11) is 0. The predicted octanol–water partition coefficient (Wildman–Crippen LogP) is 3.73. The van der Waals surface area contributed by atoms with Crippen LogP contribution in [0.15, 0.2) is 53.7 Å². The molecule has 0 unspecified atom stereocenters. The van der Waals surface area contributed by atoms with Gasteiger partial charge in [0, 0.05) is 36.8 Å². The summed E-state index contributed by atoms with van der Waals surface area (Å²) in [6.07, 6.45) is 1.55. The Hall–Kier alpha value is -2.89. The number of benzene rings is 2. The number of likely N-dealkylation sites (tertiary alicyclic amines) is 1. The van der Waals surface area contributed by atoms with Crippen LogP contribution in [0.2, 0.25) is 0 Å². The van der Waals surface area contributed by atoms with Crippen LogP contribution in [-0.2, 0) is 9.63 Å². The van der Waals surface area contributed by atoms with Crippen molar-refractivity contribution < 1.29 is 14.0 Å². The highest BCUT2D eigenvalue weighted by molar-refractivity contribution is 6.04. The first-order valence-electron chi connectivity index (χ1n) is 9.70. The van der Waals surface area contributed by atoms with E-state index in [4.69, 9.17) is 4.84 Å². The Morgan fingerprint density at radius 3 is 2.71 bits per heavy atom. The fourth-order valence-electron chi connectivity index (χ4n) is 3.75. The maximum atomic E-state index is 13.4. The summed E-state index contributed by atoms with van der Waals surface area (Å²) in [4.78, 5) is 20.0. The summed E-state index contributed by atoms with van der Waals surface area (Å²) >= 11 is 0. The maximum absolute atomic E-state index is 13.4. The van der Waals surface area contributed by atoms with Crippen molar-refractivity contribution in [2.24, 2.45) is 5.16 Å². The van der Waals surface area contributed by atoms with Crippen LogP contribution in [-0.4, -0.2) is 41.8 Å². The third-order valence-corrected chi connectivity index (χ3v) is 5.41. The first-order valence-corrected chi connectivity index (χ1v) is 9.70. The number of para-hydroxylation sites is 1. The van der Waals surface area contributed by atoms with Gasteiger partial charge in [-0.05, 0) is 43.5 Å². The summed E-state index contributed by atoms with van der Waals surface area (Å²) in [5.41, 5.74) is 3.66. The fourth-order valence-corrected chi connectivity index (χ4v) is 3.75. The Morgan fingerprint density at radius 1 is 1.18 bits per heavy atom. The van der Waals surface area contributed by atoms with Crippen LogP contribution < -0.4 is 5.32 Å². The van der Waals surface area contributed by atoms with Gasteiger partial charge < -0.3 is 15.1 Å². The standard InChI is InChI=1S/C22H24FN3O2/c1-15-5-2-3-8-19(15)24-18-9-11-26(12-10-18)22(27)21-14-20(25-28-21)16-6-4-7-17(23)13-16/h2-8,13,18,21,24H,9-12,14H2,1H3/t21-/m1/s1. The molecule has 1 amide bonds. The third-order valence-electron chi connectivity index (χ3n) is 5.41. The minimum absolute atomic E-state index is 0.0375. The van der Waals surface area contributed by atoms with Gasteiger partial charge in [-0.2, -0.15) is 0 Å². The van der Waals surface area contributed by atoms with Crippen LogP contribution in [0.3, 0.4) is 0 Å². The number of halogens is 1. The summed E-state index contributed by atoms with van der Waals surface area (Å²) < 4.78 is 13.4. The molecule has 0 spiro atoms. The quantitative estimate of drug-likeness (QED) is 0.878. The van der Waals surface area contributed by atoms with Crippen LogP contribution in [0.5, 0.6) is 0 Å². The van der Waals surface area contributed by atoms with Gasteiger partial charge in [-0.1, -0.05) is 35.5 Å². The number of carbonyl (C=O) groups excluding carboxylic acids is 1. The number of nitrogens with one attached hydrogen (secondary N) is 1. The Morgan fingerprint density at radius 2 is 1.96 bits per heavy atom. The van der Waals surface area contributed by atoms with Crippen molar-refractivity contribution in [3.8, 4) is 0 Å². The van der Waals surface area contributed by atoms with E-state index >= 15 is 0 Å². The molecule has 2 heterocycles. The number of hydrogen-bond donors (Lipinski definition) is 1. The molecule has 2 aromatic rings. The predicted molar refractivity (Wildman–Crippen MR) is 107 cm³/mol. The zero-order valence-electron chi connectivity index (χ0n) is 15.9. The molecule has 1 atom stereocenters. The lowest BCUT2D eigenvalue weighted by Crippen LogP contribution is -2.46. The lowest BCUT2D eigenvalue weighted by molar-refractivity contribution is -0.143.